The maximum Gasteiger partial charge on any atom is 0.165 e. The third-order valence-electron chi connectivity index (χ3n) is 6.48. The monoisotopic (exact) mass is 348 g/mol. The first-order chi connectivity index (χ1) is 12.3. The van der Waals surface area contributed by atoms with Gasteiger partial charge in [-0.1, -0.05) is 19.3 Å². The number of piperazine rings is 1. The lowest BCUT2D eigenvalue weighted by Gasteiger charge is -2.52. The van der Waals surface area contributed by atoms with Crippen molar-refractivity contribution in [1.29, 1.82) is 0 Å². The number of tetrazole rings is 1. The van der Waals surface area contributed by atoms with Crippen LogP contribution in [-0.4, -0.2) is 75.4 Å². The summed E-state index contributed by atoms with van der Waals surface area (Å²) in [4.78, 5) is 5.20. The van der Waals surface area contributed by atoms with Gasteiger partial charge in [0.05, 0.1) is 6.54 Å². The molecule has 0 N–H and O–H groups in total. The number of hydrogen-bond donors (Lipinski definition) is 0. The van der Waals surface area contributed by atoms with Crippen molar-refractivity contribution >= 4 is 0 Å². The van der Waals surface area contributed by atoms with Crippen molar-refractivity contribution in [3.05, 3.63) is 5.82 Å². The molecule has 0 amide bonds. The molecule has 1 saturated carbocycles. The van der Waals surface area contributed by atoms with Crippen LogP contribution in [-0.2, 0) is 17.8 Å². The summed E-state index contributed by atoms with van der Waals surface area (Å²) in [5.74, 6) is 1.69. The Balaban J connectivity index is 1.46. The molecular weight excluding hydrogens is 316 g/mol. The van der Waals surface area contributed by atoms with Crippen LogP contribution >= 0.6 is 0 Å². The van der Waals surface area contributed by atoms with Gasteiger partial charge in [-0.25, -0.2) is 4.68 Å². The molecule has 0 radical (unpaired) electrons. The number of aromatic nitrogens is 4. The highest BCUT2D eigenvalue weighted by Gasteiger charge is 2.41. The topological polar surface area (TPSA) is 59.3 Å². The van der Waals surface area contributed by atoms with Gasteiger partial charge in [0.15, 0.2) is 5.82 Å². The van der Waals surface area contributed by atoms with Crippen LogP contribution in [0.5, 0.6) is 0 Å². The van der Waals surface area contributed by atoms with Crippen molar-refractivity contribution in [2.24, 2.45) is 5.92 Å². The van der Waals surface area contributed by atoms with Gasteiger partial charge in [0.2, 0.25) is 0 Å². The van der Waals surface area contributed by atoms with Crippen molar-refractivity contribution in [1.82, 2.24) is 30.0 Å². The van der Waals surface area contributed by atoms with Gasteiger partial charge in [-0.2, -0.15) is 0 Å². The Labute approximate surface area is 150 Å². The lowest BCUT2D eigenvalue weighted by atomic mass is 9.78. The molecule has 3 fully saturated rings. The Morgan fingerprint density at radius 3 is 2.72 bits per heavy atom. The molecule has 1 aromatic rings. The number of likely N-dealkylation sites (N-methyl/N-ethyl adjacent to an activating group) is 1. The Morgan fingerprint density at radius 2 is 1.92 bits per heavy atom. The largest absolute Gasteiger partial charge is 0.381 e. The van der Waals surface area contributed by atoms with E-state index in [1.165, 1.54) is 38.6 Å². The van der Waals surface area contributed by atoms with E-state index in [1.807, 2.05) is 0 Å². The molecule has 140 valence electrons. The maximum atomic E-state index is 5.48. The molecule has 2 saturated heterocycles. The van der Waals surface area contributed by atoms with Gasteiger partial charge in [0.25, 0.3) is 0 Å². The molecule has 0 unspecified atom stereocenters. The van der Waals surface area contributed by atoms with E-state index < -0.39 is 0 Å². The molecule has 0 bridgehead atoms. The number of nitrogens with zero attached hydrogens (tertiary/aromatic N) is 6. The van der Waals surface area contributed by atoms with Crippen LogP contribution in [0.25, 0.3) is 0 Å². The zero-order valence-electron chi connectivity index (χ0n) is 15.6. The minimum atomic E-state index is 0.334. The zero-order chi connectivity index (χ0) is 17.1. The summed E-state index contributed by atoms with van der Waals surface area (Å²) in [6.45, 7) is 7.04. The van der Waals surface area contributed by atoms with E-state index in [1.54, 1.807) is 0 Å². The molecular formula is C18H32N6O. The van der Waals surface area contributed by atoms with Crippen LogP contribution in [0.2, 0.25) is 0 Å². The maximum absolute atomic E-state index is 5.48. The van der Waals surface area contributed by atoms with Crippen LogP contribution in [0.1, 0.15) is 50.8 Å². The molecule has 7 nitrogen and oxygen atoms in total. The summed E-state index contributed by atoms with van der Waals surface area (Å²) in [7, 11) is 2.27. The normalized spacial score (nSPS) is 26.3. The highest BCUT2D eigenvalue weighted by molar-refractivity contribution is 5.00. The van der Waals surface area contributed by atoms with Crippen molar-refractivity contribution in [3.8, 4) is 0 Å². The summed E-state index contributed by atoms with van der Waals surface area (Å²) in [6, 6.07) is 0. The fourth-order valence-electron chi connectivity index (χ4n) is 4.96. The van der Waals surface area contributed by atoms with Gasteiger partial charge in [-0.05, 0) is 49.1 Å². The fraction of sp³-hybridized carbons (Fsp3) is 0.944. The van der Waals surface area contributed by atoms with E-state index in [-0.39, 0.29) is 0 Å². The molecule has 4 rings (SSSR count). The van der Waals surface area contributed by atoms with E-state index >= 15 is 0 Å². The Bertz CT molecular complexity index is 550. The molecule has 7 heteroatoms. The van der Waals surface area contributed by atoms with Crippen molar-refractivity contribution in [2.75, 3.05) is 39.9 Å². The summed E-state index contributed by atoms with van der Waals surface area (Å²) >= 11 is 0. The molecule has 1 spiro atoms. The van der Waals surface area contributed by atoms with Gasteiger partial charge in [-0.15, -0.1) is 5.10 Å². The van der Waals surface area contributed by atoms with Gasteiger partial charge in [-0.3, -0.25) is 4.90 Å². The molecule has 0 aromatic carbocycles. The quantitative estimate of drug-likeness (QED) is 0.823. The zero-order valence-corrected chi connectivity index (χ0v) is 15.6. The van der Waals surface area contributed by atoms with E-state index in [0.717, 1.165) is 58.1 Å². The lowest BCUT2D eigenvalue weighted by Crippen LogP contribution is -2.61. The average Bonchev–Trinajstić information content (AvgIpc) is 3.06. The van der Waals surface area contributed by atoms with Gasteiger partial charge < -0.3 is 9.64 Å². The highest BCUT2D eigenvalue weighted by Crippen LogP contribution is 2.37. The van der Waals surface area contributed by atoms with Gasteiger partial charge >= 0.3 is 0 Å². The number of hydrogen-bond acceptors (Lipinski definition) is 6. The molecule has 2 aliphatic heterocycles. The Hall–Kier alpha value is -1.05. The highest BCUT2D eigenvalue weighted by atomic mass is 16.5. The summed E-state index contributed by atoms with van der Waals surface area (Å²) in [6.07, 6.45) is 8.99. The predicted octanol–water partition coefficient (Wildman–Crippen LogP) is 1.55. The SMILES string of the molecule is CN1CCN(Cc2nnnn2CC2CCOCC2)C2(CCCCC2)C1. The van der Waals surface area contributed by atoms with Crippen LogP contribution in [0, 0.1) is 5.92 Å². The van der Waals surface area contributed by atoms with Crippen molar-refractivity contribution in [2.45, 2.75) is 63.6 Å². The predicted molar refractivity (Wildman–Crippen MR) is 95.1 cm³/mol. The molecule has 1 aromatic heterocycles. The summed E-state index contributed by atoms with van der Waals surface area (Å²) < 4.78 is 7.54. The van der Waals surface area contributed by atoms with Crippen LogP contribution in [0.3, 0.4) is 0 Å². The number of ether oxygens (including phenoxy) is 1. The van der Waals surface area contributed by atoms with E-state index in [4.69, 9.17) is 4.74 Å². The second-order valence-corrected chi connectivity index (χ2v) is 8.28. The standard InChI is InChI=1S/C18H32N6O/c1-22-9-10-23(18(15-22)7-3-2-4-8-18)14-17-19-20-21-24(17)13-16-5-11-25-12-6-16/h16H,2-15H2,1H3. The fourth-order valence-corrected chi connectivity index (χ4v) is 4.96. The van der Waals surface area contributed by atoms with Crippen LogP contribution < -0.4 is 0 Å². The van der Waals surface area contributed by atoms with Crippen molar-refractivity contribution < 1.29 is 4.74 Å². The summed E-state index contributed by atoms with van der Waals surface area (Å²) in [5, 5.41) is 12.7. The molecule has 1 aliphatic carbocycles. The summed E-state index contributed by atoms with van der Waals surface area (Å²) in [5.41, 5.74) is 0.334. The van der Waals surface area contributed by atoms with Crippen molar-refractivity contribution in [3.63, 3.8) is 0 Å². The molecule has 25 heavy (non-hydrogen) atoms. The van der Waals surface area contributed by atoms with E-state index in [9.17, 15) is 0 Å². The Kier molecular flexibility index (Phi) is 5.33. The minimum Gasteiger partial charge on any atom is -0.381 e. The average molecular weight is 348 g/mol. The lowest BCUT2D eigenvalue weighted by molar-refractivity contribution is -0.0263. The molecule has 3 aliphatic rings. The van der Waals surface area contributed by atoms with E-state index in [0.29, 0.717) is 11.5 Å². The third kappa shape index (κ3) is 3.88. The van der Waals surface area contributed by atoms with Crippen LogP contribution in [0.15, 0.2) is 0 Å². The smallest absolute Gasteiger partial charge is 0.165 e. The minimum absolute atomic E-state index is 0.334. The number of rotatable bonds is 4. The molecule has 0 atom stereocenters. The first kappa shape index (κ1) is 17.4. The van der Waals surface area contributed by atoms with Crippen LogP contribution in [0.4, 0.5) is 0 Å². The first-order valence-corrected chi connectivity index (χ1v) is 10.0. The van der Waals surface area contributed by atoms with E-state index in [2.05, 4.69) is 37.1 Å². The van der Waals surface area contributed by atoms with Gasteiger partial charge in [0, 0.05) is 44.9 Å². The second-order valence-electron chi connectivity index (χ2n) is 8.28. The first-order valence-electron chi connectivity index (χ1n) is 10.0. The molecule has 3 heterocycles. The van der Waals surface area contributed by atoms with Gasteiger partial charge in [0.1, 0.15) is 0 Å². The third-order valence-corrected chi connectivity index (χ3v) is 6.48. The Morgan fingerprint density at radius 1 is 1.12 bits per heavy atom. The second kappa shape index (κ2) is 7.68.